The summed E-state index contributed by atoms with van der Waals surface area (Å²) in [7, 11) is 5.46. The summed E-state index contributed by atoms with van der Waals surface area (Å²) in [5.41, 5.74) is 3.68. The number of halogens is 1. The number of carbonyl (C=O) groups is 1. The number of hydrogen-bond donors (Lipinski definition) is 2. The molecule has 5 aromatic rings. The summed E-state index contributed by atoms with van der Waals surface area (Å²) in [5.74, 6) is 0.490. The molecule has 10 nitrogen and oxygen atoms in total. The van der Waals surface area contributed by atoms with E-state index >= 15 is 0 Å². The number of nitrogens with zero attached hydrogens (tertiary/aromatic N) is 5. The van der Waals surface area contributed by atoms with Crippen LogP contribution in [0.5, 0.6) is 5.75 Å². The summed E-state index contributed by atoms with van der Waals surface area (Å²) in [6.45, 7) is 1.80. The molecule has 0 atom stereocenters. The van der Waals surface area contributed by atoms with Gasteiger partial charge in [-0.15, -0.1) is 0 Å². The fourth-order valence-electron chi connectivity index (χ4n) is 4.42. The molecule has 0 saturated carbocycles. The molecule has 3 aromatic carbocycles. The first-order valence-electron chi connectivity index (χ1n) is 13.4. The van der Waals surface area contributed by atoms with E-state index in [1.807, 2.05) is 47.9 Å². The SMILES string of the molecule is COCCOc1cc2ncnc(Nc3ccc4c(cnn4Cc4cccc(F)c4)c3)c2cc1NC(=O)/C=C/CN(C)C. The number of ether oxygens (including phenoxy) is 2. The Morgan fingerprint density at radius 1 is 1.10 bits per heavy atom. The van der Waals surface area contributed by atoms with Crippen molar-refractivity contribution in [1.29, 1.82) is 0 Å². The molecule has 0 fully saturated rings. The van der Waals surface area contributed by atoms with Gasteiger partial charge < -0.3 is 25.0 Å². The number of benzene rings is 3. The number of nitrogens with one attached hydrogen (secondary N) is 2. The lowest BCUT2D eigenvalue weighted by Gasteiger charge is -2.15. The van der Waals surface area contributed by atoms with Gasteiger partial charge in [0.05, 0.1) is 36.1 Å². The number of anilines is 3. The second-order valence-electron chi connectivity index (χ2n) is 9.91. The lowest BCUT2D eigenvalue weighted by atomic mass is 10.1. The van der Waals surface area contributed by atoms with Crippen LogP contribution in [-0.2, 0) is 16.1 Å². The summed E-state index contributed by atoms with van der Waals surface area (Å²) in [5, 5.41) is 12.4. The van der Waals surface area contributed by atoms with Crippen LogP contribution in [0, 0.1) is 5.82 Å². The predicted molar refractivity (Wildman–Crippen MR) is 162 cm³/mol. The highest BCUT2D eigenvalue weighted by Gasteiger charge is 2.14. The van der Waals surface area contributed by atoms with Crippen LogP contribution in [0.1, 0.15) is 5.56 Å². The van der Waals surface area contributed by atoms with Crippen molar-refractivity contribution in [3.63, 3.8) is 0 Å². The third-order valence-corrected chi connectivity index (χ3v) is 6.41. The van der Waals surface area contributed by atoms with Gasteiger partial charge in [0.1, 0.15) is 30.3 Å². The highest BCUT2D eigenvalue weighted by molar-refractivity contribution is 6.03. The summed E-state index contributed by atoms with van der Waals surface area (Å²) in [6.07, 6.45) is 6.53. The number of fused-ring (bicyclic) bond motifs is 2. The minimum Gasteiger partial charge on any atom is -0.489 e. The minimum absolute atomic E-state index is 0.273. The topological polar surface area (TPSA) is 106 Å². The Hall–Kier alpha value is -4.87. The Morgan fingerprint density at radius 3 is 2.79 bits per heavy atom. The van der Waals surface area contributed by atoms with Gasteiger partial charge >= 0.3 is 0 Å². The third-order valence-electron chi connectivity index (χ3n) is 6.41. The van der Waals surface area contributed by atoms with E-state index in [4.69, 9.17) is 9.47 Å². The summed E-state index contributed by atoms with van der Waals surface area (Å²) < 4.78 is 26.5. The summed E-state index contributed by atoms with van der Waals surface area (Å²) in [4.78, 5) is 23.5. The zero-order valence-corrected chi connectivity index (χ0v) is 23.7. The first kappa shape index (κ1) is 28.7. The maximum Gasteiger partial charge on any atom is 0.248 e. The summed E-state index contributed by atoms with van der Waals surface area (Å²) in [6, 6.07) is 15.9. The molecule has 1 amide bonds. The maximum absolute atomic E-state index is 13.6. The zero-order chi connectivity index (χ0) is 29.5. The molecule has 0 aliphatic carbocycles. The van der Waals surface area contributed by atoms with Crippen LogP contribution in [-0.4, -0.2) is 71.5 Å². The van der Waals surface area contributed by atoms with Crippen LogP contribution in [0.25, 0.3) is 21.8 Å². The van der Waals surface area contributed by atoms with Crippen molar-refractivity contribution in [1.82, 2.24) is 24.6 Å². The number of likely N-dealkylation sites (N-methyl/N-ethyl adjacent to an activating group) is 1. The van der Waals surface area contributed by atoms with E-state index in [0.717, 1.165) is 22.2 Å². The van der Waals surface area contributed by atoms with Crippen LogP contribution in [0.3, 0.4) is 0 Å². The number of aromatic nitrogens is 4. The van der Waals surface area contributed by atoms with Crippen LogP contribution in [0.4, 0.5) is 21.6 Å². The van der Waals surface area contributed by atoms with Crippen LogP contribution >= 0.6 is 0 Å². The van der Waals surface area contributed by atoms with Gasteiger partial charge in [-0.2, -0.15) is 5.10 Å². The smallest absolute Gasteiger partial charge is 0.248 e. The average Bonchev–Trinajstić information content (AvgIpc) is 3.35. The number of amides is 1. The Morgan fingerprint density at radius 2 is 1.98 bits per heavy atom. The van der Waals surface area contributed by atoms with Crippen molar-refractivity contribution < 1.29 is 18.7 Å². The number of methoxy groups -OCH3 is 1. The molecule has 42 heavy (non-hydrogen) atoms. The van der Waals surface area contributed by atoms with Crippen LogP contribution in [0.15, 0.2) is 79.3 Å². The van der Waals surface area contributed by atoms with Crippen LogP contribution < -0.4 is 15.4 Å². The Bertz CT molecular complexity index is 1740. The molecule has 0 aliphatic rings. The van der Waals surface area contributed by atoms with Gasteiger partial charge in [-0.25, -0.2) is 14.4 Å². The normalized spacial score (nSPS) is 11.5. The van der Waals surface area contributed by atoms with E-state index in [1.165, 1.54) is 24.5 Å². The maximum atomic E-state index is 13.6. The minimum atomic E-state index is -0.278. The molecule has 0 radical (unpaired) electrons. The van der Waals surface area contributed by atoms with Crippen molar-refractivity contribution >= 4 is 44.9 Å². The first-order valence-corrected chi connectivity index (χ1v) is 13.4. The van der Waals surface area contributed by atoms with Gasteiger partial charge in [0, 0.05) is 42.3 Å². The van der Waals surface area contributed by atoms with Gasteiger partial charge in [0.15, 0.2) is 0 Å². The number of carbonyl (C=O) groups excluding carboxylic acids is 1. The second kappa shape index (κ2) is 13.2. The van der Waals surface area contributed by atoms with Crippen molar-refractivity contribution in [2.24, 2.45) is 0 Å². The number of rotatable bonds is 12. The molecular weight excluding hydrogens is 537 g/mol. The third kappa shape index (κ3) is 7.06. The van der Waals surface area contributed by atoms with Gasteiger partial charge in [0.2, 0.25) is 5.91 Å². The Balaban J connectivity index is 1.42. The molecule has 0 bridgehead atoms. The largest absolute Gasteiger partial charge is 0.489 e. The zero-order valence-electron chi connectivity index (χ0n) is 23.7. The quantitative estimate of drug-likeness (QED) is 0.160. The van der Waals surface area contributed by atoms with E-state index in [2.05, 4.69) is 25.7 Å². The Labute approximate surface area is 242 Å². The molecule has 0 aliphatic heterocycles. The molecule has 5 rings (SSSR count). The molecular formula is C31H32FN7O3. The fourth-order valence-corrected chi connectivity index (χ4v) is 4.42. The molecule has 0 unspecified atom stereocenters. The average molecular weight is 570 g/mol. The van der Waals surface area contributed by atoms with E-state index in [1.54, 1.807) is 37.6 Å². The first-order chi connectivity index (χ1) is 20.4. The van der Waals surface area contributed by atoms with E-state index < -0.39 is 0 Å². The van der Waals surface area contributed by atoms with E-state index in [-0.39, 0.29) is 11.7 Å². The molecule has 216 valence electrons. The second-order valence-corrected chi connectivity index (χ2v) is 9.91. The predicted octanol–water partition coefficient (Wildman–Crippen LogP) is 4.99. The standard InChI is InChI=1S/C31H32FN7O3/c1-38(2)11-5-8-30(40)37-27-16-25-26(17-29(27)42-13-12-41-3)33-20-34-31(25)36-24-9-10-28-22(15-24)18-35-39(28)19-21-6-4-7-23(32)14-21/h4-10,14-18,20H,11-13,19H2,1-3H3,(H,37,40)(H,33,34,36)/b8-5+. The molecule has 2 heterocycles. The molecule has 2 N–H and O–H groups in total. The van der Waals surface area contributed by atoms with Gasteiger partial charge in [-0.05, 0) is 56.1 Å². The van der Waals surface area contributed by atoms with Crippen molar-refractivity contribution in [3.8, 4) is 5.75 Å². The fraction of sp³-hybridized carbons (Fsp3) is 0.226. The monoisotopic (exact) mass is 569 g/mol. The van der Waals surface area contributed by atoms with Crippen molar-refractivity contribution in [2.75, 3.05) is 51.6 Å². The van der Waals surface area contributed by atoms with Gasteiger partial charge in [-0.1, -0.05) is 18.2 Å². The van der Waals surface area contributed by atoms with E-state index in [9.17, 15) is 9.18 Å². The van der Waals surface area contributed by atoms with Crippen molar-refractivity contribution in [2.45, 2.75) is 6.54 Å². The lowest BCUT2D eigenvalue weighted by Crippen LogP contribution is -2.14. The highest BCUT2D eigenvalue weighted by atomic mass is 19.1. The number of hydrogen-bond acceptors (Lipinski definition) is 8. The molecule has 0 spiro atoms. The highest BCUT2D eigenvalue weighted by Crippen LogP contribution is 2.34. The van der Waals surface area contributed by atoms with Crippen molar-refractivity contribution in [3.05, 3.63) is 90.7 Å². The Kier molecular flexibility index (Phi) is 9.00. The van der Waals surface area contributed by atoms with Gasteiger partial charge in [-0.3, -0.25) is 9.48 Å². The van der Waals surface area contributed by atoms with Crippen LogP contribution in [0.2, 0.25) is 0 Å². The van der Waals surface area contributed by atoms with E-state index in [0.29, 0.717) is 54.5 Å². The molecule has 11 heteroatoms. The molecule has 0 saturated heterocycles. The lowest BCUT2D eigenvalue weighted by molar-refractivity contribution is -0.111. The molecule has 2 aromatic heterocycles. The van der Waals surface area contributed by atoms with Gasteiger partial charge in [0.25, 0.3) is 0 Å². The summed E-state index contributed by atoms with van der Waals surface area (Å²) >= 11 is 0.